The Morgan fingerprint density at radius 1 is 1.33 bits per heavy atom. The molecule has 2 N–H and O–H groups in total. The molecule has 1 atom stereocenters. The number of amides is 1. The summed E-state index contributed by atoms with van der Waals surface area (Å²) < 4.78 is 12.8. The van der Waals surface area contributed by atoms with Crippen molar-refractivity contribution in [3.8, 4) is 5.75 Å². The number of aromatic nitrogens is 2. The summed E-state index contributed by atoms with van der Waals surface area (Å²) in [5, 5.41) is 10.1. The normalized spacial score (nSPS) is 11.6. The van der Waals surface area contributed by atoms with Crippen molar-refractivity contribution in [3.05, 3.63) is 47.3 Å². The maximum Gasteiger partial charge on any atom is 0.242 e. The molecule has 0 aliphatic heterocycles. The summed E-state index contributed by atoms with van der Waals surface area (Å²) in [6, 6.07) is 5.51. The maximum atomic E-state index is 12.6. The smallest absolute Gasteiger partial charge is 0.242 e. The zero-order valence-corrected chi connectivity index (χ0v) is 17.1. The first kappa shape index (κ1) is 23.0. The number of benzene rings is 1. The maximum absolute atomic E-state index is 12.6. The third kappa shape index (κ3) is 6.86. The number of nitrogens with one attached hydrogen (secondary N) is 2. The molecule has 1 unspecified atom stereocenters. The average molecular weight is 397 g/mol. The molecule has 0 spiro atoms. The molecule has 0 saturated carbocycles. The van der Waals surface area contributed by atoms with Crippen molar-refractivity contribution in [2.45, 2.75) is 26.4 Å². The van der Waals surface area contributed by atoms with E-state index >= 15 is 0 Å². The quantitative estimate of drug-likeness (QED) is 0.602. The highest BCUT2D eigenvalue weighted by Crippen LogP contribution is 2.21. The fraction of sp³-hybridized carbons (Fsp3) is 0.474. The number of hydrogen-bond acceptors (Lipinski definition) is 5. The second-order valence-corrected chi connectivity index (χ2v) is 6.04. The van der Waals surface area contributed by atoms with E-state index in [-0.39, 0.29) is 18.3 Å². The molecule has 2 aromatic rings. The van der Waals surface area contributed by atoms with Gasteiger partial charge in [0.15, 0.2) is 0 Å². The molecule has 1 amide bonds. The Morgan fingerprint density at radius 2 is 2.11 bits per heavy atom. The molecule has 1 aromatic carbocycles. The van der Waals surface area contributed by atoms with E-state index in [1.807, 2.05) is 45.3 Å². The van der Waals surface area contributed by atoms with Gasteiger partial charge in [-0.3, -0.25) is 9.48 Å². The van der Waals surface area contributed by atoms with Crippen molar-refractivity contribution in [1.29, 1.82) is 0 Å². The molecule has 0 aliphatic carbocycles. The molecular formula is C19H29ClN4O3. The monoisotopic (exact) mass is 396 g/mol. The number of nitrogens with zero attached hydrogens (tertiary/aromatic N) is 2. The fourth-order valence-electron chi connectivity index (χ4n) is 2.62. The van der Waals surface area contributed by atoms with Crippen LogP contribution < -0.4 is 15.4 Å². The molecular weight excluding hydrogens is 368 g/mol. The van der Waals surface area contributed by atoms with Crippen molar-refractivity contribution in [3.63, 3.8) is 0 Å². The van der Waals surface area contributed by atoms with Gasteiger partial charge in [-0.15, -0.1) is 12.4 Å². The van der Waals surface area contributed by atoms with E-state index in [0.29, 0.717) is 26.4 Å². The second kappa shape index (κ2) is 11.6. The number of aryl methyl sites for hydroxylation is 2. The highest BCUT2D eigenvalue weighted by Gasteiger charge is 2.20. The van der Waals surface area contributed by atoms with E-state index in [1.54, 1.807) is 17.9 Å². The largest absolute Gasteiger partial charge is 0.491 e. The summed E-state index contributed by atoms with van der Waals surface area (Å²) in [5.74, 6) is 0.661. The topological polar surface area (TPSA) is 77.4 Å². The van der Waals surface area contributed by atoms with Gasteiger partial charge >= 0.3 is 0 Å². The van der Waals surface area contributed by atoms with Gasteiger partial charge in [0.25, 0.3) is 0 Å². The van der Waals surface area contributed by atoms with Crippen molar-refractivity contribution in [1.82, 2.24) is 20.4 Å². The molecule has 2 rings (SSSR count). The van der Waals surface area contributed by atoms with Crippen LogP contribution in [0.1, 0.15) is 29.7 Å². The van der Waals surface area contributed by atoms with E-state index in [9.17, 15) is 4.79 Å². The van der Waals surface area contributed by atoms with Crippen LogP contribution in [0.3, 0.4) is 0 Å². The standard InChI is InChI=1S/C19H28N4O3.ClH/c1-5-25-8-9-26-17-10-14(2)6-7-15(17)11-21-19(24)18(20-3)16-12-22-23(4)13-16;/h6-7,10,12-13,18,20H,5,8-9,11H2,1-4H3,(H,21,24);1H. The lowest BCUT2D eigenvalue weighted by molar-refractivity contribution is -0.123. The highest BCUT2D eigenvalue weighted by atomic mass is 35.5. The van der Waals surface area contributed by atoms with Crippen molar-refractivity contribution < 1.29 is 14.3 Å². The summed E-state index contributed by atoms with van der Waals surface area (Å²) in [5.41, 5.74) is 2.86. The predicted molar refractivity (Wildman–Crippen MR) is 107 cm³/mol. The van der Waals surface area contributed by atoms with Gasteiger partial charge in [-0.05, 0) is 32.5 Å². The Hall–Kier alpha value is -2.09. The van der Waals surface area contributed by atoms with Crippen LogP contribution in [0.5, 0.6) is 5.75 Å². The molecule has 0 aliphatic rings. The first-order valence-corrected chi connectivity index (χ1v) is 8.78. The second-order valence-electron chi connectivity index (χ2n) is 6.04. The van der Waals surface area contributed by atoms with Gasteiger partial charge in [0.1, 0.15) is 18.4 Å². The minimum Gasteiger partial charge on any atom is -0.491 e. The SMILES string of the molecule is CCOCCOc1cc(C)ccc1CNC(=O)C(NC)c1cnn(C)c1.Cl. The number of carbonyl (C=O) groups excluding carboxylic acids is 1. The molecule has 0 bridgehead atoms. The van der Waals surface area contributed by atoms with Gasteiger partial charge in [0.2, 0.25) is 5.91 Å². The third-order valence-electron chi connectivity index (χ3n) is 3.97. The Labute approximate surface area is 166 Å². The molecule has 7 nitrogen and oxygen atoms in total. The van der Waals surface area contributed by atoms with E-state index in [1.165, 1.54) is 0 Å². The number of hydrogen-bond donors (Lipinski definition) is 2. The van der Waals surface area contributed by atoms with Crippen LogP contribution in [0, 0.1) is 6.92 Å². The van der Waals surface area contributed by atoms with Crippen LogP contribution in [0.25, 0.3) is 0 Å². The van der Waals surface area contributed by atoms with Gasteiger partial charge in [-0.2, -0.15) is 5.10 Å². The lowest BCUT2D eigenvalue weighted by Crippen LogP contribution is -2.35. The first-order valence-electron chi connectivity index (χ1n) is 8.78. The third-order valence-corrected chi connectivity index (χ3v) is 3.97. The molecule has 1 aromatic heterocycles. The summed E-state index contributed by atoms with van der Waals surface area (Å²) in [6.07, 6.45) is 3.52. The average Bonchev–Trinajstić information content (AvgIpc) is 3.04. The summed E-state index contributed by atoms with van der Waals surface area (Å²) in [7, 11) is 3.58. The Kier molecular flexibility index (Phi) is 9.85. The van der Waals surface area contributed by atoms with Crippen molar-refractivity contribution >= 4 is 18.3 Å². The van der Waals surface area contributed by atoms with Crippen molar-refractivity contribution in [2.24, 2.45) is 7.05 Å². The number of rotatable bonds is 10. The Bertz CT molecular complexity index is 721. The van der Waals surface area contributed by atoms with Gasteiger partial charge in [0, 0.05) is 37.5 Å². The summed E-state index contributed by atoms with van der Waals surface area (Å²) >= 11 is 0. The highest BCUT2D eigenvalue weighted by molar-refractivity contribution is 5.85. The predicted octanol–water partition coefficient (Wildman–Crippen LogP) is 2.14. The zero-order valence-electron chi connectivity index (χ0n) is 16.3. The minimum atomic E-state index is -0.448. The minimum absolute atomic E-state index is 0. The number of ether oxygens (including phenoxy) is 2. The summed E-state index contributed by atoms with van der Waals surface area (Å²) in [6.45, 7) is 6.04. The zero-order chi connectivity index (χ0) is 18.9. The van der Waals surface area contributed by atoms with Crippen LogP contribution in [0.2, 0.25) is 0 Å². The molecule has 0 radical (unpaired) electrons. The molecule has 27 heavy (non-hydrogen) atoms. The lowest BCUT2D eigenvalue weighted by atomic mass is 10.1. The molecule has 0 fully saturated rings. The molecule has 1 heterocycles. The van der Waals surface area contributed by atoms with Crippen LogP contribution in [-0.4, -0.2) is 42.6 Å². The summed E-state index contributed by atoms with van der Waals surface area (Å²) in [4.78, 5) is 12.6. The molecule has 0 saturated heterocycles. The van der Waals surface area contributed by atoms with Crippen LogP contribution in [-0.2, 0) is 23.1 Å². The van der Waals surface area contributed by atoms with Crippen LogP contribution >= 0.6 is 12.4 Å². The number of halogens is 1. The molecule has 8 heteroatoms. The van der Waals surface area contributed by atoms with Gasteiger partial charge in [-0.25, -0.2) is 0 Å². The van der Waals surface area contributed by atoms with Gasteiger partial charge in [0.05, 0.1) is 12.8 Å². The Morgan fingerprint density at radius 3 is 2.74 bits per heavy atom. The van der Waals surface area contributed by atoms with E-state index in [2.05, 4.69) is 15.7 Å². The van der Waals surface area contributed by atoms with E-state index in [0.717, 1.165) is 22.4 Å². The van der Waals surface area contributed by atoms with Crippen molar-refractivity contribution in [2.75, 3.05) is 26.9 Å². The Balaban J connectivity index is 0.00000364. The van der Waals surface area contributed by atoms with Crippen LogP contribution in [0.15, 0.2) is 30.6 Å². The molecule has 150 valence electrons. The number of likely N-dealkylation sites (N-methyl/N-ethyl adjacent to an activating group) is 1. The van der Waals surface area contributed by atoms with Gasteiger partial charge in [-0.1, -0.05) is 12.1 Å². The van der Waals surface area contributed by atoms with E-state index in [4.69, 9.17) is 9.47 Å². The lowest BCUT2D eigenvalue weighted by Gasteiger charge is -2.16. The first-order chi connectivity index (χ1) is 12.5. The van der Waals surface area contributed by atoms with E-state index < -0.39 is 6.04 Å². The van der Waals surface area contributed by atoms with Crippen LogP contribution in [0.4, 0.5) is 0 Å². The van der Waals surface area contributed by atoms with Gasteiger partial charge < -0.3 is 20.1 Å². The fourth-order valence-corrected chi connectivity index (χ4v) is 2.62. The number of carbonyl (C=O) groups is 1.